The number of hydrogen-bond acceptors (Lipinski definition) is 7. The lowest BCUT2D eigenvalue weighted by molar-refractivity contribution is 0.0638. The number of likely N-dealkylation sites (tertiary alicyclic amines) is 1. The second-order valence-corrected chi connectivity index (χ2v) is 7.52. The molecule has 1 fully saturated rings. The molecule has 0 spiro atoms. The molecule has 8 heteroatoms. The van der Waals surface area contributed by atoms with Crippen LogP contribution in [0.5, 0.6) is 0 Å². The fourth-order valence-electron chi connectivity index (χ4n) is 4.11. The lowest BCUT2D eigenvalue weighted by atomic mass is 9.85. The molecule has 0 unspecified atom stereocenters. The van der Waals surface area contributed by atoms with Crippen molar-refractivity contribution < 1.29 is 9.26 Å². The van der Waals surface area contributed by atoms with Crippen LogP contribution in [0.25, 0.3) is 0 Å². The maximum Gasteiger partial charge on any atom is 0.243 e. The van der Waals surface area contributed by atoms with Crippen LogP contribution in [0.4, 0.5) is 0 Å². The Morgan fingerprint density at radius 3 is 2.93 bits per heavy atom. The summed E-state index contributed by atoms with van der Waals surface area (Å²) in [7, 11) is 5.75. The van der Waals surface area contributed by atoms with Gasteiger partial charge in [0.25, 0.3) is 0 Å². The molecule has 3 atom stereocenters. The van der Waals surface area contributed by atoms with E-state index in [0.29, 0.717) is 30.3 Å². The fourth-order valence-corrected chi connectivity index (χ4v) is 4.11. The van der Waals surface area contributed by atoms with Crippen molar-refractivity contribution in [2.45, 2.75) is 45.4 Å². The van der Waals surface area contributed by atoms with Crippen molar-refractivity contribution in [2.75, 3.05) is 33.8 Å². The SMILES string of the molecule is CCN1CCC[C@@H](CN(C)[C@@H](C)c2nc(COC)no2)[C@@H]1c1cnn(C)c1. The summed E-state index contributed by atoms with van der Waals surface area (Å²) in [4.78, 5) is 9.35. The number of aryl methyl sites for hydroxylation is 1. The van der Waals surface area contributed by atoms with E-state index < -0.39 is 0 Å². The Morgan fingerprint density at radius 2 is 2.26 bits per heavy atom. The highest BCUT2D eigenvalue weighted by atomic mass is 16.5. The summed E-state index contributed by atoms with van der Waals surface area (Å²) < 4.78 is 12.4. The molecule has 0 aromatic carbocycles. The molecule has 0 saturated carbocycles. The van der Waals surface area contributed by atoms with Crippen molar-refractivity contribution >= 4 is 0 Å². The third-order valence-corrected chi connectivity index (χ3v) is 5.63. The van der Waals surface area contributed by atoms with Crippen LogP contribution in [0.1, 0.15) is 56.1 Å². The molecule has 27 heavy (non-hydrogen) atoms. The molecule has 8 nitrogen and oxygen atoms in total. The molecule has 3 heterocycles. The molecule has 150 valence electrons. The van der Waals surface area contributed by atoms with Gasteiger partial charge in [0.05, 0.1) is 12.2 Å². The van der Waals surface area contributed by atoms with Crippen LogP contribution in [0.15, 0.2) is 16.9 Å². The predicted molar refractivity (Wildman–Crippen MR) is 102 cm³/mol. The van der Waals surface area contributed by atoms with Crippen LogP contribution in [0.3, 0.4) is 0 Å². The summed E-state index contributed by atoms with van der Waals surface area (Å²) in [6, 6.07) is 0.466. The molecule has 1 aliphatic rings. The third kappa shape index (κ3) is 4.56. The lowest BCUT2D eigenvalue weighted by Gasteiger charge is -2.42. The minimum absolute atomic E-state index is 0.0645. The summed E-state index contributed by atoms with van der Waals surface area (Å²) in [5, 5.41) is 8.40. The highest BCUT2D eigenvalue weighted by Crippen LogP contribution is 2.37. The summed E-state index contributed by atoms with van der Waals surface area (Å²) in [5.41, 5.74) is 1.31. The molecule has 1 aliphatic heterocycles. The van der Waals surface area contributed by atoms with Crippen LogP contribution < -0.4 is 0 Å². The Kier molecular flexibility index (Phi) is 6.62. The van der Waals surface area contributed by atoms with Crippen molar-refractivity contribution in [2.24, 2.45) is 13.0 Å². The Balaban J connectivity index is 1.72. The summed E-state index contributed by atoms with van der Waals surface area (Å²) in [6.07, 6.45) is 6.62. The second-order valence-electron chi connectivity index (χ2n) is 7.52. The molecule has 2 aromatic rings. The first-order valence-electron chi connectivity index (χ1n) is 9.77. The van der Waals surface area contributed by atoms with E-state index in [1.165, 1.54) is 18.4 Å². The van der Waals surface area contributed by atoms with Gasteiger partial charge in [-0.3, -0.25) is 14.5 Å². The Labute approximate surface area is 161 Å². The Bertz CT molecular complexity index is 715. The van der Waals surface area contributed by atoms with Crippen LogP contribution in [0, 0.1) is 5.92 Å². The predicted octanol–water partition coefficient (Wildman–Crippen LogP) is 2.42. The number of rotatable bonds is 8. The van der Waals surface area contributed by atoms with Crippen LogP contribution in [0.2, 0.25) is 0 Å². The van der Waals surface area contributed by atoms with Crippen LogP contribution in [-0.4, -0.2) is 63.5 Å². The van der Waals surface area contributed by atoms with Gasteiger partial charge in [-0.2, -0.15) is 10.1 Å². The molecule has 0 radical (unpaired) electrons. The smallest absolute Gasteiger partial charge is 0.243 e. The number of ether oxygens (including phenoxy) is 1. The van der Waals surface area contributed by atoms with Crippen LogP contribution in [-0.2, 0) is 18.4 Å². The number of aromatic nitrogens is 4. The molecule has 0 amide bonds. The largest absolute Gasteiger partial charge is 0.377 e. The van der Waals surface area contributed by atoms with E-state index in [1.807, 2.05) is 17.9 Å². The lowest BCUT2D eigenvalue weighted by Crippen LogP contribution is -2.43. The number of nitrogens with zero attached hydrogens (tertiary/aromatic N) is 6. The zero-order valence-electron chi connectivity index (χ0n) is 17.1. The number of piperidine rings is 1. The number of hydrogen-bond donors (Lipinski definition) is 0. The quantitative estimate of drug-likeness (QED) is 0.700. The highest BCUT2D eigenvalue weighted by molar-refractivity contribution is 5.13. The van der Waals surface area contributed by atoms with Gasteiger partial charge in [-0.05, 0) is 45.8 Å². The normalized spacial score (nSPS) is 22.4. The Morgan fingerprint density at radius 1 is 1.44 bits per heavy atom. The third-order valence-electron chi connectivity index (χ3n) is 5.63. The topological polar surface area (TPSA) is 72.5 Å². The van der Waals surface area contributed by atoms with E-state index >= 15 is 0 Å². The van der Waals surface area contributed by atoms with Crippen LogP contribution >= 0.6 is 0 Å². The Hall–Kier alpha value is -1.77. The van der Waals surface area contributed by atoms with Crippen molar-refractivity contribution in [3.05, 3.63) is 29.7 Å². The zero-order valence-corrected chi connectivity index (χ0v) is 17.1. The van der Waals surface area contributed by atoms with E-state index in [9.17, 15) is 0 Å². The molecule has 0 N–H and O–H groups in total. The van der Waals surface area contributed by atoms with Crippen molar-refractivity contribution in [3.63, 3.8) is 0 Å². The molecule has 0 bridgehead atoms. The summed E-state index contributed by atoms with van der Waals surface area (Å²) >= 11 is 0. The van der Waals surface area contributed by atoms with E-state index in [0.717, 1.165) is 19.6 Å². The maximum atomic E-state index is 5.44. The summed E-state index contributed by atoms with van der Waals surface area (Å²) in [5.74, 6) is 1.78. The van der Waals surface area contributed by atoms with Gasteiger partial charge >= 0.3 is 0 Å². The van der Waals surface area contributed by atoms with Gasteiger partial charge < -0.3 is 9.26 Å². The van der Waals surface area contributed by atoms with Gasteiger partial charge in [0.2, 0.25) is 5.89 Å². The molecular formula is C19H32N6O2. The van der Waals surface area contributed by atoms with Gasteiger partial charge in [-0.25, -0.2) is 0 Å². The van der Waals surface area contributed by atoms with E-state index in [1.54, 1.807) is 7.11 Å². The molecule has 3 rings (SSSR count). The van der Waals surface area contributed by atoms with Crippen molar-refractivity contribution in [3.8, 4) is 0 Å². The minimum atomic E-state index is 0.0645. The standard InChI is InChI=1S/C19H32N6O2/c1-6-25-9-7-8-15(18(25)16-10-20-24(4)12-16)11-23(3)14(2)19-21-17(13-26-5)22-27-19/h10,12,14-15,18H,6-9,11,13H2,1-5H3/t14-,15-,18+/m0/s1. The monoisotopic (exact) mass is 376 g/mol. The average Bonchev–Trinajstić information content (AvgIpc) is 3.30. The highest BCUT2D eigenvalue weighted by Gasteiger charge is 2.34. The van der Waals surface area contributed by atoms with Gasteiger partial charge in [0, 0.05) is 38.5 Å². The molecule has 2 aromatic heterocycles. The van der Waals surface area contributed by atoms with Gasteiger partial charge in [0.15, 0.2) is 5.82 Å². The van der Waals surface area contributed by atoms with Crippen molar-refractivity contribution in [1.82, 2.24) is 29.7 Å². The van der Waals surface area contributed by atoms with Gasteiger partial charge in [0.1, 0.15) is 6.61 Å². The zero-order chi connectivity index (χ0) is 19.4. The summed E-state index contributed by atoms with van der Waals surface area (Å²) in [6.45, 7) is 7.91. The first-order valence-corrected chi connectivity index (χ1v) is 9.77. The first kappa shape index (κ1) is 20.0. The van der Waals surface area contributed by atoms with E-state index in [4.69, 9.17) is 9.26 Å². The molecular weight excluding hydrogens is 344 g/mol. The minimum Gasteiger partial charge on any atom is -0.377 e. The second kappa shape index (κ2) is 8.95. The number of methoxy groups -OCH3 is 1. The molecule has 1 saturated heterocycles. The molecule has 0 aliphatic carbocycles. The average molecular weight is 377 g/mol. The van der Waals surface area contributed by atoms with Gasteiger partial charge in [-0.1, -0.05) is 12.1 Å². The van der Waals surface area contributed by atoms with Crippen molar-refractivity contribution in [1.29, 1.82) is 0 Å². The van der Waals surface area contributed by atoms with E-state index in [-0.39, 0.29) is 6.04 Å². The first-order chi connectivity index (χ1) is 13.0. The van der Waals surface area contributed by atoms with Gasteiger partial charge in [-0.15, -0.1) is 0 Å². The maximum absolute atomic E-state index is 5.44. The van der Waals surface area contributed by atoms with E-state index in [2.05, 4.69) is 52.1 Å². The fraction of sp³-hybridized carbons (Fsp3) is 0.737.